The van der Waals surface area contributed by atoms with E-state index in [1.54, 1.807) is 0 Å². The van der Waals surface area contributed by atoms with Crippen molar-refractivity contribution in [3.8, 4) is 0 Å². The lowest BCUT2D eigenvalue weighted by Gasteiger charge is -1.91. The maximum Gasteiger partial charge on any atom is 0.193 e. The lowest BCUT2D eigenvalue weighted by atomic mass is 10.3. The van der Waals surface area contributed by atoms with E-state index >= 15 is 0 Å². The Morgan fingerprint density at radius 1 is 1.60 bits per heavy atom. The Hall–Kier alpha value is -0.900. The van der Waals surface area contributed by atoms with Crippen LogP contribution in [0, 0.1) is 0 Å². The quantitative estimate of drug-likeness (QED) is 0.544. The fourth-order valence-electron chi connectivity index (χ4n) is 0.576. The Morgan fingerprint density at radius 2 is 2.30 bits per heavy atom. The lowest BCUT2D eigenvalue weighted by Crippen LogP contribution is -2.07. The first-order valence-corrected chi connectivity index (χ1v) is 3.37. The average molecular weight is 202 g/mol. The molecule has 0 bridgehead atoms. The topological polar surface area (TPSA) is 49.9 Å². The molecule has 0 aliphatic rings. The van der Waals surface area contributed by atoms with E-state index < -0.39 is 0 Å². The minimum absolute atomic E-state index is 0.127. The van der Waals surface area contributed by atoms with Crippen LogP contribution in [0.25, 0.3) is 0 Å². The van der Waals surface area contributed by atoms with Gasteiger partial charge in [0.2, 0.25) is 0 Å². The number of rotatable bonds is 1. The van der Waals surface area contributed by atoms with Crippen LogP contribution in [0.2, 0.25) is 0 Å². The van der Waals surface area contributed by atoms with Crippen molar-refractivity contribution in [2.24, 2.45) is 0 Å². The summed E-state index contributed by atoms with van der Waals surface area (Å²) in [4.78, 5) is 23.7. The van der Waals surface area contributed by atoms with Crippen LogP contribution in [-0.2, 0) is 0 Å². The highest BCUT2D eigenvalue weighted by atomic mass is 79.9. The first-order chi connectivity index (χ1) is 4.75. The first-order valence-electron chi connectivity index (χ1n) is 2.58. The number of hydrogen-bond donors (Lipinski definition) is 1. The van der Waals surface area contributed by atoms with Crippen molar-refractivity contribution in [3.63, 3.8) is 0 Å². The Kier molecular flexibility index (Phi) is 2.01. The molecule has 1 heterocycles. The van der Waals surface area contributed by atoms with Gasteiger partial charge < -0.3 is 4.98 Å². The van der Waals surface area contributed by atoms with E-state index in [-0.39, 0.29) is 11.0 Å². The molecule has 3 nitrogen and oxygen atoms in total. The van der Waals surface area contributed by atoms with Crippen LogP contribution in [0.15, 0.2) is 21.7 Å². The zero-order chi connectivity index (χ0) is 7.56. The maximum atomic E-state index is 10.8. The molecule has 52 valence electrons. The molecule has 0 aliphatic heterocycles. The fraction of sp³-hybridized carbons (Fsp3) is 0. The Balaban J connectivity index is 3.45. The molecule has 1 rings (SSSR count). The normalized spacial score (nSPS) is 9.30. The summed E-state index contributed by atoms with van der Waals surface area (Å²) in [6.07, 6.45) is 1.99. The maximum absolute atomic E-state index is 10.8. The predicted molar refractivity (Wildman–Crippen MR) is 40.2 cm³/mol. The van der Waals surface area contributed by atoms with Crippen LogP contribution < -0.4 is 5.43 Å². The second-order valence-electron chi connectivity index (χ2n) is 1.69. The highest BCUT2D eigenvalue weighted by molar-refractivity contribution is 9.10. The third kappa shape index (κ3) is 1.16. The number of aldehydes is 1. The molecule has 1 aromatic heterocycles. The molecule has 0 aromatic carbocycles. The van der Waals surface area contributed by atoms with Gasteiger partial charge in [0, 0.05) is 12.3 Å². The van der Waals surface area contributed by atoms with E-state index in [9.17, 15) is 9.59 Å². The Labute approximate surface area is 65.2 Å². The molecule has 1 N–H and O–H groups in total. The summed E-state index contributed by atoms with van der Waals surface area (Å²) in [5.74, 6) is 0. The van der Waals surface area contributed by atoms with Crippen molar-refractivity contribution in [3.05, 3.63) is 32.7 Å². The van der Waals surface area contributed by atoms with E-state index in [1.165, 1.54) is 12.3 Å². The molecule has 0 unspecified atom stereocenters. The van der Waals surface area contributed by atoms with Crippen molar-refractivity contribution in [2.45, 2.75) is 0 Å². The van der Waals surface area contributed by atoms with Crippen molar-refractivity contribution in [1.82, 2.24) is 4.98 Å². The molecule has 0 aliphatic carbocycles. The molecular weight excluding hydrogens is 198 g/mol. The lowest BCUT2D eigenvalue weighted by molar-refractivity contribution is 0.112. The van der Waals surface area contributed by atoms with Gasteiger partial charge >= 0.3 is 0 Å². The largest absolute Gasteiger partial charge is 0.355 e. The number of aromatic amines is 1. The first kappa shape index (κ1) is 7.21. The molecule has 10 heavy (non-hydrogen) atoms. The number of aromatic nitrogens is 1. The highest BCUT2D eigenvalue weighted by Gasteiger charge is 2.00. The van der Waals surface area contributed by atoms with Gasteiger partial charge in [0.25, 0.3) is 0 Å². The highest BCUT2D eigenvalue weighted by Crippen LogP contribution is 2.04. The summed E-state index contributed by atoms with van der Waals surface area (Å²) in [7, 11) is 0. The fourth-order valence-corrected chi connectivity index (χ4v) is 0.997. The number of pyridine rings is 1. The summed E-state index contributed by atoms with van der Waals surface area (Å²) >= 11 is 3.02. The zero-order valence-corrected chi connectivity index (χ0v) is 6.51. The molecule has 0 atom stereocenters. The number of H-pyrrole nitrogens is 1. The second kappa shape index (κ2) is 2.79. The second-order valence-corrected chi connectivity index (χ2v) is 2.48. The van der Waals surface area contributed by atoms with Gasteiger partial charge in [-0.25, -0.2) is 0 Å². The smallest absolute Gasteiger partial charge is 0.193 e. The standard InChI is InChI=1S/C6H4BrNO2/c7-6-4(3-9)5(10)1-2-8-6/h1-3H,(H,8,10). The predicted octanol–water partition coefficient (Wildman–Crippen LogP) is 0.950. The summed E-state index contributed by atoms with van der Waals surface area (Å²) in [5.41, 5.74) is -0.150. The summed E-state index contributed by atoms with van der Waals surface area (Å²) in [6, 6.07) is 1.30. The molecule has 0 fully saturated rings. The van der Waals surface area contributed by atoms with Gasteiger partial charge in [-0.3, -0.25) is 9.59 Å². The third-order valence-corrected chi connectivity index (χ3v) is 1.72. The van der Waals surface area contributed by atoms with E-state index in [0.717, 1.165) is 0 Å². The number of carbonyl (C=O) groups excluding carboxylic acids is 1. The molecular formula is C6H4BrNO2. The molecule has 1 aromatic rings. The minimum Gasteiger partial charge on any atom is -0.355 e. The molecule has 0 spiro atoms. The monoisotopic (exact) mass is 201 g/mol. The van der Waals surface area contributed by atoms with Crippen LogP contribution in [-0.4, -0.2) is 11.3 Å². The molecule has 0 saturated heterocycles. The van der Waals surface area contributed by atoms with Crippen LogP contribution in [0.4, 0.5) is 0 Å². The van der Waals surface area contributed by atoms with Crippen molar-refractivity contribution in [1.29, 1.82) is 0 Å². The van der Waals surface area contributed by atoms with Crippen LogP contribution >= 0.6 is 15.9 Å². The van der Waals surface area contributed by atoms with Crippen molar-refractivity contribution in [2.75, 3.05) is 0 Å². The summed E-state index contributed by atoms with van der Waals surface area (Å²) in [5, 5.41) is 0. The van der Waals surface area contributed by atoms with Crippen molar-refractivity contribution >= 4 is 22.2 Å². The van der Waals surface area contributed by atoms with Crippen LogP contribution in [0.3, 0.4) is 0 Å². The van der Waals surface area contributed by atoms with Gasteiger partial charge in [-0.1, -0.05) is 0 Å². The Morgan fingerprint density at radius 3 is 2.70 bits per heavy atom. The molecule has 4 heteroatoms. The molecule has 0 saturated carbocycles. The van der Waals surface area contributed by atoms with Crippen LogP contribution in [0.1, 0.15) is 10.4 Å². The van der Waals surface area contributed by atoms with Gasteiger partial charge in [-0.15, -0.1) is 0 Å². The van der Waals surface area contributed by atoms with E-state index in [4.69, 9.17) is 0 Å². The number of nitrogens with one attached hydrogen (secondary N) is 1. The van der Waals surface area contributed by atoms with Crippen LogP contribution in [0.5, 0.6) is 0 Å². The third-order valence-electron chi connectivity index (χ3n) is 1.06. The van der Waals surface area contributed by atoms with E-state index in [0.29, 0.717) is 10.9 Å². The minimum atomic E-state index is -0.277. The zero-order valence-electron chi connectivity index (χ0n) is 4.93. The summed E-state index contributed by atoms with van der Waals surface area (Å²) < 4.78 is 0.426. The molecule has 0 radical (unpaired) electrons. The van der Waals surface area contributed by atoms with Gasteiger partial charge in [0.05, 0.1) is 10.2 Å². The average Bonchev–Trinajstić information content (AvgIpc) is 1.88. The van der Waals surface area contributed by atoms with Gasteiger partial charge in [0.1, 0.15) is 0 Å². The summed E-state index contributed by atoms with van der Waals surface area (Å²) in [6.45, 7) is 0. The number of carbonyl (C=O) groups is 1. The van der Waals surface area contributed by atoms with Gasteiger partial charge in [-0.2, -0.15) is 0 Å². The van der Waals surface area contributed by atoms with Gasteiger partial charge in [-0.05, 0) is 15.9 Å². The van der Waals surface area contributed by atoms with E-state index in [1.807, 2.05) is 0 Å². The Bertz CT molecular complexity index is 305. The van der Waals surface area contributed by atoms with E-state index in [2.05, 4.69) is 20.9 Å². The number of hydrogen-bond acceptors (Lipinski definition) is 2. The van der Waals surface area contributed by atoms with Crippen molar-refractivity contribution < 1.29 is 4.79 Å². The SMILES string of the molecule is O=Cc1c(Br)[nH]ccc1=O. The number of halogens is 1. The molecule has 0 amide bonds. The van der Waals surface area contributed by atoms with Gasteiger partial charge in [0.15, 0.2) is 11.7 Å².